The highest BCUT2D eigenvalue weighted by Gasteiger charge is 2.33. The van der Waals surface area contributed by atoms with Crippen LogP contribution >= 0.6 is 11.6 Å². The van der Waals surface area contributed by atoms with Crippen molar-refractivity contribution in [3.8, 4) is 17.2 Å². The van der Waals surface area contributed by atoms with Crippen molar-refractivity contribution < 1.29 is 37.1 Å². The van der Waals surface area contributed by atoms with Gasteiger partial charge in [-0.1, -0.05) is 43.2 Å². The summed E-state index contributed by atoms with van der Waals surface area (Å²) in [7, 11) is -3.35. The largest absolute Gasteiger partial charge is 0.493 e. The maximum atomic E-state index is 14.0. The van der Waals surface area contributed by atoms with Gasteiger partial charge in [0.05, 0.1) is 40.9 Å². The van der Waals surface area contributed by atoms with Gasteiger partial charge in [-0.05, 0) is 97.4 Å². The monoisotopic (exact) mass is 910 g/mol. The molecule has 0 radical (unpaired) electrons. The molecule has 4 heterocycles. The standard InChI is InChI=1S/C47H51ClN6O9S/c1-47(2)15-13-33(40(26-47)31-7-9-34(48)10-8-31)28-52-17-19-53(20-18-52)35-11-12-38(43(23-35)63-36-22-32-14-16-49-45(32)50-27-36)46(56)51-64(59,60)37-24-41(54(57)58)39-21-30(29-62-42(39)25-37)5-4-6-44(55)61-3/h7-12,14,16,22-25,27,30H,4-6,13,15,17-21,26,28-29H2,1-3H3,(H,49,50)(H,51,56)/t30-/m0/s1. The van der Waals surface area contributed by atoms with Gasteiger partial charge in [0.15, 0.2) is 0 Å². The van der Waals surface area contributed by atoms with Gasteiger partial charge in [0.2, 0.25) is 0 Å². The molecule has 1 fully saturated rings. The maximum absolute atomic E-state index is 14.0. The number of methoxy groups -OCH3 is 1. The first kappa shape index (κ1) is 44.6. The van der Waals surface area contributed by atoms with Crippen LogP contribution < -0.4 is 19.1 Å². The molecule has 2 N–H and O–H groups in total. The third-order valence-electron chi connectivity index (χ3n) is 12.4. The Morgan fingerprint density at radius 3 is 2.59 bits per heavy atom. The minimum atomic E-state index is -4.66. The molecule has 0 saturated carbocycles. The fourth-order valence-corrected chi connectivity index (χ4v) is 9.98. The quantitative estimate of drug-likeness (QED) is 0.0614. The second-order valence-electron chi connectivity index (χ2n) is 17.5. The number of anilines is 1. The van der Waals surface area contributed by atoms with E-state index in [2.05, 4.69) is 50.5 Å². The van der Waals surface area contributed by atoms with Crippen LogP contribution in [0.2, 0.25) is 5.02 Å². The Hall–Kier alpha value is -5.97. The normalized spacial score (nSPS) is 17.7. The van der Waals surface area contributed by atoms with Crippen LogP contribution in [0.4, 0.5) is 11.4 Å². The summed E-state index contributed by atoms with van der Waals surface area (Å²) >= 11 is 6.24. The van der Waals surface area contributed by atoms with Crippen LogP contribution in [-0.2, 0) is 26.0 Å². The summed E-state index contributed by atoms with van der Waals surface area (Å²) in [5, 5.41) is 13.8. The molecule has 2 aliphatic heterocycles. The van der Waals surface area contributed by atoms with E-state index in [1.54, 1.807) is 24.4 Å². The number of carbonyl (C=O) groups excluding carboxylic acids is 2. The molecule has 1 atom stereocenters. The summed E-state index contributed by atoms with van der Waals surface area (Å²) in [6.45, 7) is 8.72. The molecule has 336 valence electrons. The summed E-state index contributed by atoms with van der Waals surface area (Å²) in [5.74, 6) is -0.987. The number of nitrogens with zero attached hydrogens (tertiary/aromatic N) is 4. The van der Waals surface area contributed by atoms with Gasteiger partial charge in [-0.15, -0.1) is 0 Å². The first-order chi connectivity index (χ1) is 30.6. The average Bonchev–Trinajstić information content (AvgIpc) is 3.75. The lowest BCUT2D eigenvalue weighted by Crippen LogP contribution is -2.47. The zero-order valence-corrected chi connectivity index (χ0v) is 37.6. The van der Waals surface area contributed by atoms with Crippen molar-refractivity contribution in [2.75, 3.05) is 51.3 Å². The smallest absolute Gasteiger partial charge is 0.305 e. The van der Waals surface area contributed by atoms with Crippen LogP contribution in [0.15, 0.2) is 89.6 Å². The van der Waals surface area contributed by atoms with Crippen molar-refractivity contribution >= 4 is 61.5 Å². The SMILES string of the molecule is COC(=O)CCC[C@@H]1COc2cc(S(=O)(=O)NC(=O)c3ccc(N4CCN(CC5=C(c6ccc(Cl)cc6)CC(C)(C)CC5)CC4)cc3Oc3cnc4[nH]ccc4c3)cc([N+](=O)[O-])c2C1. The fourth-order valence-electron chi connectivity index (χ4n) is 8.85. The zero-order chi connectivity index (χ0) is 45.2. The predicted molar refractivity (Wildman–Crippen MR) is 244 cm³/mol. The topological polar surface area (TPSA) is 186 Å². The maximum Gasteiger partial charge on any atom is 0.305 e. The Morgan fingerprint density at radius 2 is 1.84 bits per heavy atom. The van der Waals surface area contributed by atoms with Crippen LogP contribution in [0, 0.1) is 21.4 Å². The number of fused-ring (bicyclic) bond motifs is 2. The van der Waals surface area contributed by atoms with Crippen molar-refractivity contribution in [1.82, 2.24) is 19.6 Å². The number of benzene rings is 3. The number of hydrogen-bond acceptors (Lipinski definition) is 12. The van der Waals surface area contributed by atoms with Crippen molar-refractivity contribution in [3.63, 3.8) is 0 Å². The molecule has 64 heavy (non-hydrogen) atoms. The lowest BCUT2D eigenvalue weighted by atomic mass is 9.72. The average molecular weight is 911 g/mol. The number of hydrogen-bond donors (Lipinski definition) is 2. The number of nitro groups is 1. The number of rotatable bonds is 14. The van der Waals surface area contributed by atoms with Crippen molar-refractivity contribution in [1.29, 1.82) is 0 Å². The molecular weight excluding hydrogens is 860 g/mol. The number of pyridine rings is 1. The highest BCUT2D eigenvalue weighted by atomic mass is 35.5. The number of nitro benzene ring substituents is 1. The van der Waals surface area contributed by atoms with E-state index in [1.807, 2.05) is 18.2 Å². The molecule has 3 aliphatic rings. The third kappa shape index (κ3) is 10.2. The number of sulfonamides is 1. The Balaban J connectivity index is 1.01. The number of nitrogens with one attached hydrogen (secondary N) is 2. The van der Waals surface area contributed by atoms with Gasteiger partial charge in [-0.3, -0.25) is 24.6 Å². The second kappa shape index (κ2) is 18.6. The zero-order valence-electron chi connectivity index (χ0n) is 36.0. The van der Waals surface area contributed by atoms with E-state index in [1.165, 1.54) is 42.1 Å². The molecular formula is C47H51ClN6O9S. The molecule has 15 nitrogen and oxygen atoms in total. The summed E-state index contributed by atoms with van der Waals surface area (Å²) in [6, 6.07) is 18.9. The first-order valence-corrected chi connectivity index (χ1v) is 23.3. The van der Waals surface area contributed by atoms with Crippen LogP contribution in [0.5, 0.6) is 17.2 Å². The minimum Gasteiger partial charge on any atom is -0.493 e. The number of amides is 1. The number of aromatic nitrogens is 2. The van der Waals surface area contributed by atoms with Gasteiger partial charge in [-0.2, -0.15) is 0 Å². The molecule has 0 spiro atoms. The van der Waals surface area contributed by atoms with E-state index >= 15 is 0 Å². The molecule has 1 saturated heterocycles. The molecule has 8 rings (SSSR count). The van der Waals surface area contributed by atoms with Crippen LogP contribution in [0.3, 0.4) is 0 Å². The van der Waals surface area contributed by atoms with Crippen LogP contribution in [0.1, 0.15) is 73.9 Å². The van der Waals surface area contributed by atoms with Gasteiger partial charge in [0, 0.05) is 79.6 Å². The number of piperazine rings is 1. The number of carbonyl (C=O) groups is 2. The van der Waals surface area contributed by atoms with E-state index in [4.69, 9.17) is 25.8 Å². The lowest BCUT2D eigenvalue weighted by Gasteiger charge is -2.39. The number of ether oxygens (including phenoxy) is 3. The number of allylic oxidation sites excluding steroid dienone is 1. The minimum absolute atomic E-state index is 0.0498. The Kier molecular flexibility index (Phi) is 13.0. The van der Waals surface area contributed by atoms with Gasteiger partial charge in [0.25, 0.3) is 21.6 Å². The highest BCUT2D eigenvalue weighted by molar-refractivity contribution is 7.90. The third-order valence-corrected chi connectivity index (χ3v) is 14.0. The molecule has 0 unspecified atom stereocenters. The van der Waals surface area contributed by atoms with E-state index < -0.39 is 31.4 Å². The molecule has 3 aromatic carbocycles. The van der Waals surface area contributed by atoms with E-state index in [-0.39, 0.29) is 59.4 Å². The van der Waals surface area contributed by atoms with Gasteiger partial charge in [0.1, 0.15) is 22.9 Å². The molecule has 17 heteroatoms. The van der Waals surface area contributed by atoms with Crippen molar-refractivity contribution in [2.45, 2.75) is 63.7 Å². The Bertz CT molecular complexity index is 2730. The van der Waals surface area contributed by atoms with E-state index in [0.717, 1.165) is 61.1 Å². The number of esters is 1. The number of aromatic amines is 1. The molecule has 0 bridgehead atoms. The second-order valence-corrected chi connectivity index (χ2v) is 19.6. The summed E-state index contributed by atoms with van der Waals surface area (Å²) in [4.78, 5) is 48.9. The van der Waals surface area contributed by atoms with Gasteiger partial charge in [-0.25, -0.2) is 18.1 Å². The van der Waals surface area contributed by atoms with Crippen LogP contribution in [0.25, 0.3) is 16.6 Å². The Labute approximate surface area is 376 Å². The summed E-state index contributed by atoms with van der Waals surface area (Å²) in [6.07, 6.45) is 7.95. The molecule has 2 aromatic heterocycles. The van der Waals surface area contributed by atoms with Crippen molar-refractivity contribution in [2.24, 2.45) is 11.3 Å². The number of H-pyrrole nitrogens is 1. The highest BCUT2D eigenvalue weighted by Crippen LogP contribution is 2.44. The molecule has 5 aromatic rings. The van der Waals surface area contributed by atoms with Gasteiger partial charge < -0.3 is 24.1 Å². The number of halogens is 1. The van der Waals surface area contributed by atoms with Crippen molar-refractivity contribution in [3.05, 3.63) is 117 Å². The van der Waals surface area contributed by atoms with Crippen LogP contribution in [-0.4, -0.2) is 86.5 Å². The Morgan fingerprint density at radius 1 is 1.06 bits per heavy atom. The predicted octanol–water partition coefficient (Wildman–Crippen LogP) is 8.72. The van der Waals surface area contributed by atoms with Gasteiger partial charge >= 0.3 is 5.97 Å². The molecule has 1 aliphatic carbocycles. The fraction of sp³-hybridized carbons (Fsp3) is 0.383. The van der Waals surface area contributed by atoms with E-state index in [0.29, 0.717) is 37.3 Å². The van der Waals surface area contributed by atoms with E-state index in [9.17, 15) is 28.1 Å². The first-order valence-electron chi connectivity index (χ1n) is 21.4. The lowest BCUT2D eigenvalue weighted by molar-refractivity contribution is -0.386. The summed E-state index contributed by atoms with van der Waals surface area (Å²) < 4.78 is 46.7. The summed E-state index contributed by atoms with van der Waals surface area (Å²) in [5.41, 5.74) is 5.47. The molecule has 1 amide bonds.